The molecule has 0 bridgehead atoms. The van der Waals surface area contributed by atoms with Crippen molar-refractivity contribution in [3.63, 3.8) is 0 Å². The molecule has 98 valence electrons. The molecule has 1 aromatic carbocycles. The average molecular weight is 257 g/mol. The molecule has 1 aliphatic rings. The Kier molecular flexibility index (Phi) is 3.09. The Morgan fingerprint density at radius 2 is 1.83 bits per heavy atom. The highest BCUT2D eigenvalue weighted by molar-refractivity contribution is 5.79. The highest BCUT2D eigenvalue weighted by Gasteiger charge is 2.48. The van der Waals surface area contributed by atoms with Gasteiger partial charge in [0.25, 0.3) is 0 Å². The molecule has 1 aliphatic carbocycles. The maximum absolute atomic E-state index is 13.7. The number of hydrogen-bond acceptors (Lipinski definition) is 1. The van der Waals surface area contributed by atoms with Gasteiger partial charge in [0.05, 0.1) is 5.54 Å². The fourth-order valence-corrected chi connectivity index (χ4v) is 1.86. The predicted octanol–water partition coefficient (Wildman–Crippen LogP) is 2.87. The maximum Gasteiger partial charge on any atom is 0.223 e. The van der Waals surface area contributed by atoms with Gasteiger partial charge < -0.3 is 5.32 Å². The summed E-state index contributed by atoms with van der Waals surface area (Å²) in [5.41, 5.74) is -0.838. The van der Waals surface area contributed by atoms with E-state index in [1.54, 1.807) is 13.8 Å². The lowest BCUT2D eigenvalue weighted by molar-refractivity contribution is -0.125. The second kappa shape index (κ2) is 4.30. The topological polar surface area (TPSA) is 29.1 Å². The van der Waals surface area contributed by atoms with Crippen molar-refractivity contribution in [3.05, 3.63) is 35.1 Å². The minimum Gasteiger partial charge on any atom is -0.346 e. The van der Waals surface area contributed by atoms with E-state index in [1.165, 1.54) is 6.07 Å². The molecule has 2 nitrogen and oxygen atoms in total. The molecule has 1 saturated carbocycles. The third-order valence-corrected chi connectivity index (χ3v) is 3.19. The molecule has 1 amide bonds. The van der Waals surface area contributed by atoms with Crippen molar-refractivity contribution in [1.82, 2.24) is 5.32 Å². The van der Waals surface area contributed by atoms with Crippen LogP contribution in [-0.4, -0.2) is 5.91 Å². The molecule has 0 saturated heterocycles. The molecule has 0 spiro atoms. The zero-order chi connectivity index (χ0) is 13.5. The lowest BCUT2D eigenvalue weighted by atomic mass is 10.0. The van der Waals surface area contributed by atoms with Crippen LogP contribution in [0.5, 0.6) is 0 Å². The van der Waals surface area contributed by atoms with Gasteiger partial charge in [-0.05, 0) is 18.9 Å². The molecule has 0 atom stereocenters. The van der Waals surface area contributed by atoms with Crippen LogP contribution in [-0.2, 0) is 10.3 Å². The van der Waals surface area contributed by atoms with E-state index in [1.807, 2.05) is 0 Å². The van der Waals surface area contributed by atoms with Gasteiger partial charge in [0.2, 0.25) is 5.91 Å². The molecule has 0 aliphatic heterocycles. The van der Waals surface area contributed by atoms with Gasteiger partial charge in [0.1, 0.15) is 0 Å². The molecule has 1 N–H and O–H groups in total. The van der Waals surface area contributed by atoms with E-state index < -0.39 is 23.0 Å². The predicted molar refractivity (Wildman–Crippen MR) is 60.2 cm³/mol. The Hall–Kier alpha value is -1.52. The van der Waals surface area contributed by atoms with Gasteiger partial charge >= 0.3 is 0 Å². The number of halogens is 3. The van der Waals surface area contributed by atoms with Crippen LogP contribution in [0.1, 0.15) is 32.3 Å². The number of rotatable bonds is 3. The van der Waals surface area contributed by atoms with Gasteiger partial charge in [-0.2, -0.15) is 0 Å². The fourth-order valence-electron chi connectivity index (χ4n) is 1.86. The number of nitrogens with one attached hydrogen (secondary N) is 1. The van der Waals surface area contributed by atoms with Gasteiger partial charge in [-0.25, -0.2) is 13.2 Å². The Morgan fingerprint density at radius 1 is 1.22 bits per heavy atom. The molecule has 1 fully saturated rings. The highest BCUT2D eigenvalue weighted by atomic mass is 19.2. The summed E-state index contributed by atoms with van der Waals surface area (Å²) < 4.78 is 39.7. The summed E-state index contributed by atoms with van der Waals surface area (Å²) in [7, 11) is 0. The van der Waals surface area contributed by atoms with E-state index in [-0.39, 0.29) is 17.4 Å². The number of carbonyl (C=O) groups is 1. The SMILES string of the molecule is CC(C)C(=O)NC1(c2ccc(F)c(F)c2F)CC1. The number of hydrogen-bond donors (Lipinski definition) is 1. The van der Waals surface area contributed by atoms with E-state index in [0.717, 1.165) is 6.07 Å². The molecular weight excluding hydrogens is 243 g/mol. The van der Waals surface area contributed by atoms with Crippen molar-refractivity contribution < 1.29 is 18.0 Å². The Bertz CT molecular complexity index is 495. The Labute approximate surface area is 103 Å². The largest absolute Gasteiger partial charge is 0.346 e. The zero-order valence-corrected chi connectivity index (χ0v) is 10.2. The van der Waals surface area contributed by atoms with Gasteiger partial charge in [0, 0.05) is 11.5 Å². The van der Waals surface area contributed by atoms with Crippen LogP contribution >= 0.6 is 0 Å². The van der Waals surface area contributed by atoms with E-state index in [9.17, 15) is 18.0 Å². The normalized spacial score (nSPS) is 16.8. The standard InChI is InChI=1S/C13H14F3NO/c1-7(2)12(18)17-13(5-6-13)8-3-4-9(14)11(16)10(8)15/h3-4,7H,5-6H2,1-2H3,(H,17,18). The van der Waals surface area contributed by atoms with Crippen molar-refractivity contribution in [2.45, 2.75) is 32.2 Å². The first-order valence-corrected chi connectivity index (χ1v) is 5.83. The van der Waals surface area contributed by atoms with Crippen LogP contribution in [0.2, 0.25) is 0 Å². The summed E-state index contributed by atoms with van der Waals surface area (Å²) in [5, 5.41) is 2.70. The van der Waals surface area contributed by atoms with Crippen molar-refractivity contribution in [1.29, 1.82) is 0 Å². The van der Waals surface area contributed by atoms with E-state index in [2.05, 4.69) is 5.32 Å². The van der Waals surface area contributed by atoms with Gasteiger partial charge in [-0.3, -0.25) is 4.79 Å². The zero-order valence-electron chi connectivity index (χ0n) is 10.2. The molecule has 2 rings (SSSR count). The first kappa shape index (κ1) is 12.9. The van der Waals surface area contributed by atoms with Gasteiger partial charge in [-0.15, -0.1) is 0 Å². The van der Waals surface area contributed by atoms with Crippen molar-refractivity contribution in [2.24, 2.45) is 5.92 Å². The van der Waals surface area contributed by atoms with Crippen LogP contribution in [0.4, 0.5) is 13.2 Å². The molecule has 0 radical (unpaired) electrons. The summed E-state index contributed by atoms with van der Waals surface area (Å²) in [6, 6.07) is 2.08. The van der Waals surface area contributed by atoms with E-state index in [4.69, 9.17) is 0 Å². The quantitative estimate of drug-likeness (QED) is 0.829. The summed E-state index contributed by atoms with van der Waals surface area (Å²) in [6.07, 6.45) is 1.07. The number of benzene rings is 1. The van der Waals surface area contributed by atoms with Crippen molar-refractivity contribution >= 4 is 5.91 Å². The smallest absolute Gasteiger partial charge is 0.223 e. The summed E-state index contributed by atoms with van der Waals surface area (Å²) in [4.78, 5) is 11.6. The van der Waals surface area contributed by atoms with Crippen molar-refractivity contribution in [2.75, 3.05) is 0 Å². The summed E-state index contributed by atoms with van der Waals surface area (Å²) in [6.45, 7) is 3.43. The third kappa shape index (κ3) is 2.09. The summed E-state index contributed by atoms with van der Waals surface area (Å²) >= 11 is 0. The Balaban J connectivity index is 2.32. The molecule has 0 aromatic heterocycles. The van der Waals surface area contributed by atoms with E-state index >= 15 is 0 Å². The van der Waals surface area contributed by atoms with E-state index in [0.29, 0.717) is 12.8 Å². The lowest BCUT2D eigenvalue weighted by Gasteiger charge is -2.20. The maximum atomic E-state index is 13.7. The van der Waals surface area contributed by atoms with Gasteiger partial charge in [0.15, 0.2) is 17.5 Å². The minimum atomic E-state index is -1.49. The summed E-state index contributed by atoms with van der Waals surface area (Å²) in [5.74, 6) is -4.39. The van der Waals surface area contributed by atoms with Crippen LogP contribution in [0.25, 0.3) is 0 Å². The second-order valence-electron chi connectivity index (χ2n) is 4.95. The first-order chi connectivity index (χ1) is 8.37. The third-order valence-electron chi connectivity index (χ3n) is 3.19. The molecule has 5 heteroatoms. The number of carbonyl (C=O) groups excluding carboxylic acids is 1. The average Bonchev–Trinajstić information content (AvgIpc) is 3.06. The number of amides is 1. The van der Waals surface area contributed by atoms with Crippen LogP contribution in [0.15, 0.2) is 12.1 Å². The lowest BCUT2D eigenvalue weighted by Crippen LogP contribution is -2.38. The van der Waals surface area contributed by atoms with Crippen molar-refractivity contribution in [3.8, 4) is 0 Å². The molecule has 18 heavy (non-hydrogen) atoms. The minimum absolute atomic E-state index is 0.0235. The second-order valence-corrected chi connectivity index (χ2v) is 4.95. The molecule has 0 unspecified atom stereocenters. The Morgan fingerprint density at radius 3 is 2.33 bits per heavy atom. The van der Waals surface area contributed by atoms with Crippen LogP contribution in [0, 0.1) is 23.4 Å². The molecular formula is C13H14F3NO. The van der Waals surface area contributed by atoms with Crippen LogP contribution in [0.3, 0.4) is 0 Å². The monoisotopic (exact) mass is 257 g/mol. The first-order valence-electron chi connectivity index (χ1n) is 5.83. The molecule has 1 aromatic rings. The molecule has 0 heterocycles. The highest BCUT2D eigenvalue weighted by Crippen LogP contribution is 2.47. The fraction of sp³-hybridized carbons (Fsp3) is 0.462. The van der Waals surface area contributed by atoms with Crippen LogP contribution < -0.4 is 5.32 Å². The van der Waals surface area contributed by atoms with Gasteiger partial charge in [-0.1, -0.05) is 19.9 Å².